The molecule has 0 radical (unpaired) electrons. The quantitative estimate of drug-likeness (QED) is 0.383. The molecule has 4 heteroatoms. The van der Waals surface area contributed by atoms with Crippen LogP contribution >= 0.6 is 15.9 Å². The molecule has 0 fully saturated rings. The summed E-state index contributed by atoms with van der Waals surface area (Å²) in [6, 6.07) is 28.3. The molecule has 0 aliphatic carbocycles. The Morgan fingerprint density at radius 1 is 0.793 bits per heavy atom. The van der Waals surface area contributed by atoms with Crippen molar-refractivity contribution in [2.75, 3.05) is 5.32 Å². The van der Waals surface area contributed by atoms with Crippen LogP contribution < -0.4 is 5.32 Å². The van der Waals surface area contributed by atoms with E-state index in [4.69, 9.17) is 0 Å². The highest BCUT2D eigenvalue weighted by Crippen LogP contribution is 2.25. The molecule has 29 heavy (non-hydrogen) atoms. The SMILES string of the molecule is O=C(Cc1cccc2ccccc12)Nc1ccc(Br)cc1C(=O)c1ccccc1. The lowest BCUT2D eigenvalue weighted by Crippen LogP contribution is -2.17. The van der Waals surface area contributed by atoms with E-state index in [1.54, 1.807) is 24.3 Å². The molecule has 4 aromatic carbocycles. The second-order valence-electron chi connectivity index (χ2n) is 6.75. The van der Waals surface area contributed by atoms with Gasteiger partial charge in [-0.05, 0) is 34.5 Å². The van der Waals surface area contributed by atoms with Gasteiger partial charge in [-0.1, -0.05) is 88.7 Å². The Kier molecular flexibility index (Phi) is 5.54. The Morgan fingerprint density at radius 3 is 2.34 bits per heavy atom. The minimum atomic E-state index is -0.161. The van der Waals surface area contributed by atoms with E-state index in [1.807, 2.05) is 66.7 Å². The Hall–Kier alpha value is -3.24. The molecule has 0 spiro atoms. The van der Waals surface area contributed by atoms with Crippen LogP contribution in [0.25, 0.3) is 10.8 Å². The Morgan fingerprint density at radius 2 is 1.52 bits per heavy atom. The molecule has 3 nitrogen and oxygen atoms in total. The maximum Gasteiger partial charge on any atom is 0.228 e. The molecule has 1 N–H and O–H groups in total. The van der Waals surface area contributed by atoms with Gasteiger partial charge in [0.1, 0.15) is 0 Å². The van der Waals surface area contributed by atoms with Gasteiger partial charge >= 0.3 is 0 Å². The van der Waals surface area contributed by atoms with Crippen molar-refractivity contribution in [3.05, 3.63) is 112 Å². The molecule has 0 saturated carbocycles. The van der Waals surface area contributed by atoms with E-state index in [2.05, 4.69) is 21.2 Å². The number of carbonyl (C=O) groups excluding carboxylic acids is 2. The number of ketones is 1. The van der Waals surface area contributed by atoms with Gasteiger partial charge in [-0.3, -0.25) is 9.59 Å². The molecule has 0 aliphatic rings. The van der Waals surface area contributed by atoms with Crippen molar-refractivity contribution in [1.82, 2.24) is 0 Å². The van der Waals surface area contributed by atoms with Crippen LogP contribution in [0.15, 0.2) is 95.5 Å². The van der Waals surface area contributed by atoms with E-state index in [0.29, 0.717) is 16.8 Å². The third-order valence-electron chi connectivity index (χ3n) is 4.77. The minimum Gasteiger partial charge on any atom is -0.325 e. The second kappa shape index (κ2) is 8.41. The van der Waals surface area contributed by atoms with E-state index in [-0.39, 0.29) is 18.1 Å². The van der Waals surface area contributed by atoms with Crippen molar-refractivity contribution >= 4 is 44.1 Å². The van der Waals surface area contributed by atoms with E-state index in [0.717, 1.165) is 20.8 Å². The first-order valence-electron chi connectivity index (χ1n) is 9.27. The number of benzene rings is 4. The Labute approximate surface area is 177 Å². The molecule has 0 atom stereocenters. The number of hydrogen-bond donors (Lipinski definition) is 1. The molecule has 0 aromatic heterocycles. The summed E-state index contributed by atoms with van der Waals surface area (Å²) in [6.45, 7) is 0. The zero-order valence-corrected chi connectivity index (χ0v) is 17.1. The van der Waals surface area contributed by atoms with Gasteiger partial charge in [-0.25, -0.2) is 0 Å². The van der Waals surface area contributed by atoms with Crippen molar-refractivity contribution in [1.29, 1.82) is 0 Å². The summed E-state index contributed by atoms with van der Waals surface area (Å²) in [5.74, 6) is -0.293. The summed E-state index contributed by atoms with van der Waals surface area (Å²) < 4.78 is 0.781. The van der Waals surface area contributed by atoms with Gasteiger partial charge in [0.2, 0.25) is 5.91 Å². The average molecular weight is 444 g/mol. The van der Waals surface area contributed by atoms with Crippen molar-refractivity contribution in [2.45, 2.75) is 6.42 Å². The van der Waals surface area contributed by atoms with Gasteiger partial charge in [0.25, 0.3) is 0 Å². The first-order valence-corrected chi connectivity index (χ1v) is 10.1. The number of fused-ring (bicyclic) bond motifs is 1. The summed E-state index contributed by atoms with van der Waals surface area (Å²) in [5.41, 5.74) is 2.49. The lowest BCUT2D eigenvalue weighted by molar-refractivity contribution is -0.115. The second-order valence-corrected chi connectivity index (χ2v) is 7.66. The summed E-state index contributed by atoms with van der Waals surface area (Å²) in [6.07, 6.45) is 0.233. The van der Waals surface area contributed by atoms with Gasteiger partial charge < -0.3 is 5.32 Å². The van der Waals surface area contributed by atoms with Crippen LogP contribution in [-0.4, -0.2) is 11.7 Å². The third-order valence-corrected chi connectivity index (χ3v) is 5.26. The fraction of sp³-hybridized carbons (Fsp3) is 0.0400. The first kappa shape index (κ1) is 19.1. The lowest BCUT2D eigenvalue weighted by atomic mass is 10.0. The van der Waals surface area contributed by atoms with Crippen molar-refractivity contribution in [2.24, 2.45) is 0 Å². The number of rotatable bonds is 5. The van der Waals surface area contributed by atoms with Crippen molar-refractivity contribution in [3.63, 3.8) is 0 Å². The third kappa shape index (κ3) is 4.28. The van der Waals surface area contributed by atoms with Gasteiger partial charge in [0, 0.05) is 15.6 Å². The maximum atomic E-state index is 13.0. The fourth-order valence-corrected chi connectivity index (χ4v) is 3.73. The zero-order valence-electron chi connectivity index (χ0n) is 15.6. The van der Waals surface area contributed by atoms with Crippen LogP contribution in [0, 0.1) is 0 Å². The molecule has 0 bridgehead atoms. The predicted molar refractivity (Wildman–Crippen MR) is 120 cm³/mol. The summed E-state index contributed by atoms with van der Waals surface area (Å²) >= 11 is 3.42. The number of hydrogen-bond acceptors (Lipinski definition) is 2. The number of anilines is 1. The van der Waals surface area contributed by atoms with Crippen molar-refractivity contribution < 1.29 is 9.59 Å². The van der Waals surface area contributed by atoms with Crippen LogP contribution in [-0.2, 0) is 11.2 Å². The van der Waals surface area contributed by atoms with Gasteiger partial charge in [0.05, 0.1) is 12.1 Å². The van der Waals surface area contributed by atoms with Gasteiger partial charge in [-0.15, -0.1) is 0 Å². The smallest absolute Gasteiger partial charge is 0.228 e. The molecule has 0 unspecified atom stereocenters. The Balaban J connectivity index is 1.61. The van der Waals surface area contributed by atoms with Crippen LogP contribution in [0.1, 0.15) is 21.5 Å². The summed E-state index contributed by atoms with van der Waals surface area (Å²) in [4.78, 5) is 25.7. The lowest BCUT2D eigenvalue weighted by Gasteiger charge is -2.12. The zero-order chi connectivity index (χ0) is 20.2. The van der Waals surface area contributed by atoms with Crippen LogP contribution in [0.2, 0.25) is 0 Å². The largest absolute Gasteiger partial charge is 0.325 e. The molecule has 4 rings (SSSR count). The molecule has 0 saturated heterocycles. The predicted octanol–water partition coefficient (Wildman–Crippen LogP) is 6.01. The normalized spacial score (nSPS) is 10.7. The molecular weight excluding hydrogens is 426 g/mol. The van der Waals surface area contributed by atoms with Crippen LogP contribution in [0.4, 0.5) is 5.69 Å². The minimum absolute atomic E-state index is 0.132. The van der Waals surface area contributed by atoms with E-state index in [9.17, 15) is 9.59 Å². The highest BCUT2D eigenvalue weighted by atomic mass is 79.9. The highest BCUT2D eigenvalue weighted by Gasteiger charge is 2.16. The van der Waals surface area contributed by atoms with E-state index in [1.165, 1.54) is 0 Å². The molecule has 1 amide bonds. The summed E-state index contributed by atoms with van der Waals surface area (Å²) in [5, 5.41) is 5.08. The first-order chi connectivity index (χ1) is 14.1. The van der Waals surface area contributed by atoms with Gasteiger partial charge in [-0.2, -0.15) is 0 Å². The number of nitrogens with one attached hydrogen (secondary N) is 1. The standard InChI is InChI=1S/C25H18BrNO2/c26-20-13-14-23(22(16-20)25(29)18-8-2-1-3-9-18)27-24(28)15-19-11-6-10-17-7-4-5-12-21(17)19/h1-14,16H,15H2,(H,27,28). The topological polar surface area (TPSA) is 46.2 Å². The number of halogens is 1. The van der Waals surface area contributed by atoms with Crippen LogP contribution in [0.5, 0.6) is 0 Å². The van der Waals surface area contributed by atoms with Gasteiger partial charge in [0.15, 0.2) is 5.78 Å². The molecule has 0 aliphatic heterocycles. The molecule has 142 valence electrons. The number of amides is 1. The highest BCUT2D eigenvalue weighted by molar-refractivity contribution is 9.10. The molecule has 4 aromatic rings. The van der Waals surface area contributed by atoms with E-state index >= 15 is 0 Å². The molecular formula is C25H18BrNO2. The average Bonchev–Trinajstić information content (AvgIpc) is 2.75. The maximum absolute atomic E-state index is 13.0. The van der Waals surface area contributed by atoms with Crippen LogP contribution in [0.3, 0.4) is 0 Å². The number of carbonyl (C=O) groups is 2. The van der Waals surface area contributed by atoms with E-state index < -0.39 is 0 Å². The summed E-state index contributed by atoms with van der Waals surface area (Å²) in [7, 11) is 0. The van der Waals surface area contributed by atoms with Crippen molar-refractivity contribution in [3.8, 4) is 0 Å². The fourth-order valence-electron chi connectivity index (χ4n) is 3.37. The molecule has 0 heterocycles. The Bertz CT molecular complexity index is 1200. The monoisotopic (exact) mass is 443 g/mol.